The fourth-order valence-corrected chi connectivity index (χ4v) is 0.782. The lowest BCUT2D eigenvalue weighted by molar-refractivity contribution is 0.147. The molecule has 0 aromatic carbocycles. The van der Waals surface area contributed by atoms with Gasteiger partial charge < -0.3 is 15.9 Å². The molecule has 0 aliphatic carbocycles. The van der Waals surface area contributed by atoms with Crippen molar-refractivity contribution in [2.45, 2.75) is 20.3 Å². The highest BCUT2D eigenvalue weighted by Gasteiger charge is 2.06. The van der Waals surface area contributed by atoms with Crippen LogP contribution in [0.3, 0.4) is 0 Å². The van der Waals surface area contributed by atoms with Crippen molar-refractivity contribution in [2.75, 3.05) is 13.2 Å². The molecule has 1 aliphatic heterocycles. The third kappa shape index (κ3) is 4.71. The van der Waals surface area contributed by atoms with Crippen molar-refractivity contribution in [3.8, 4) is 0 Å². The van der Waals surface area contributed by atoms with Crippen molar-refractivity contribution in [1.82, 2.24) is 0 Å². The topological polar surface area (TPSA) is 59.1 Å². The second-order valence-electron chi connectivity index (χ2n) is 2.00. The van der Waals surface area contributed by atoms with Crippen molar-refractivity contribution in [2.24, 2.45) is 5.73 Å². The van der Waals surface area contributed by atoms with Gasteiger partial charge in [-0.2, -0.15) is 0 Å². The summed E-state index contributed by atoms with van der Waals surface area (Å²) in [7, 11) is 0. The fraction of sp³-hybridized carbons (Fsp3) is 0.625. The predicted octanol–water partition coefficient (Wildman–Crippen LogP) is 1.91. The average Bonchev–Trinajstić information content (AvgIpc) is 2.09. The number of rotatable bonds is 1. The van der Waals surface area contributed by atoms with Gasteiger partial charge in [0.05, 0.1) is 13.2 Å². The summed E-state index contributed by atoms with van der Waals surface area (Å²) in [6, 6.07) is 0. The molecule has 4 heteroatoms. The number of hydrogen-bond donors (Lipinski definition) is 2. The van der Waals surface area contributed by atoms with Crippen molar-refractivity contribution in [1.29, 1.82) is 5.41 Å². The summed E-state index contributed by atoms with van der Waals surface area (Å²) < 4.78 is 5.03. The molecule has 1 aliphatic rings. The maximum atomic E-state index is 6.91. The molecule has 0 saturated carbocycles. The van der Waals surface area contributed by atoms with Gasteiger partial charge in [0.25, 0.3) is 0 Å². The van der Waals surface area contributed by atoms with Crippen LogP contribution in [0, 0.1) is 5.41 Å². The summed E-state index contributed by atoms with van der Waals surface area (Å²) in [5, 5.41) is 6.91. The molecule has 3 N–H and O–H groups in total. The van der Waals surface area contributed by atoms with Crippen LogP contribution in [-0.4, -0.2) is 19.4 Å². The van der Waals surface area contributed by atoms with Gasteiger partial charge in [-0.05, 0) is 12.0 Å². The molecule has 0 aromatic heterocycles. The first-order valence-electron chi connectivity index (χ1n) is 3.90. The van der Waals surface area contributed by atoms with E-state index in [0.29, 0.717) is 18.9 Å². The Bertz CT molecular complexity index is 157. The zero-order valence-electron chi connectivity index (χ0n) is 7.59. The van der Waals surface area contributed by atoms with Crippen molar-refractivity contribution < 1.29 is 4.74 Å². The highest BCUT2D eigenvalue weighted by Crippen LogP contribution is 2.08. The Labute approximate surface area is 90.9 Å². The quantitative estimate of drug-likeness (QED) is 0.571. The summed E-state index contributed by atoms with van der Waals surface area (Å²) in [5.74, 6) is 0. The smallest absolute Gasteiger partial charge is 0.0863 e. The highest BCUT2D eigenvalue weighted by atomic mass is 127. The molecule has 0 spiro atoms. The summed E-state index contributed by atoms with van der Waals surface area (Å²) >= 11 is 0. The van der Waals surface area contributed by atoms with Gasteiger partial charge >= 0.3 is 0 Å². The van der Waals surface area contributed by atoms with Crippen LogP contribution in [0.25, 0.3) is 0 Å². The Hall–Kier alpha value is -0.100. The summed E-state index contributed by atoms with van der Waals surface area (Å²) in [4.78, 5) is 0. The minimum absolute atomic E-state index is 0. The first-order chi connectivity index (χ1) is 5.34. The van der Waals surface area contributed by atoms with Crippen LogP contribution in [0.2, 0.25) is 0 Å². The second kappa shape index (κ2) is 8.99. The molecule has 0 bridgehead atoms. The van der Waals surface area contributed by atoms with Gasteiger partial charge in [-0.15, -0.1) is 24.0 Å². The molecular weight excluding hydrogens is 267 g/mol. The molecule has 3 nitrogen and oxygen atoms in total. The van der Waals surface area contributed by atoms with E-state index in [-0.39, 0.29) is 24.0 Å². The van der Waals surface area contributed by atoms with Crippen molar-refractivity contribution >= 4 is 30.2 Å². The van der Waals surface area contributed by atoms with Gasteiger partial charge in [0.2, 0.25) is 0 Å². The van der Waals surface area contributed by atoms with Crippen LogP contribution >= 0.6 is 24.0 Å². The molecule has 72 valence electrons. The minimum atomic E-state index is 0. The summed E-state index contributed by atoms with van der Waals surface area (Å²) in [6.45, 7) is 5.19. The van der Waals surface area contributed by atoms with Crippen LogP contribution in [-0.2, 0) is 4.74 Å². The minimum Gasteiger partial charge on any atom is -0.400 e. The van der Waals surface area contributed by atoms with Crippen LogP contribution in [0.4, 0.5) is 0 Å². The van der Waals surface area contributed by atoms with Gasteiger partial charge in [-0.25, -0.2) is 0 Å². The molecule has 0 radical (unpaired) electrons. The number of nitrogens with two attached hydrogens (primary N) is 1. The second-order valence-corrected chi connectivity index (χ2v) is 2.00. The third-order valence-corrected chi connectivity index (χ3v) is 1.36. The van der Waals surface area contributed by atoms with Gasteiger partial charge in [-0.3, -0.25) is 0 Å². The van der Waals surface area contributed by atoms with E-state index < -0.39 is 0 Å². The van der Waals surface area contributed by atoms with Gasteiger partial charge in [0, 0.05) is 11.9 Å². The maximum absolute atomic E-state index is 6.91. The molecule has 12 heavy (non-hydrogen) atoms. The SMILES string of the molecule is CC.I.N=CC1=C(N)COCC1. The predicted molar refractivity (Wildman–Crippen MR) is 62.2 cm³/mol. The molecule has 0 fully saturated rings. The molecule has 0 saturated heterocycles. The first-order valence-corrected chi connectivity index (χ1v) is 3.90. The first kappa shape index (κ1) is 14.4. The van der Waals surface area contributed by atoms with E-state index in [1.807, 2.05) is 13.8 Å². The van der Waals surface area contributed by atoms with E-state index in [9.17, 15) is 0 Å². The molecule has 0 amide bonds. The molecule has 1 heterocycles. The molecule has 0 aromatic rings. The van der Waals surface area contributed by atoms with E-state index in [0.717, 1.165) is 12.0 Å². The normalized spacial score (nSPS) is 15.5. The lowest BCUT2D eigenvalue weighted by Gasteiger charge is -2.13. The van der Waals surface area contributed by atoms with E-state index in [1.54, 1.807) is 0 Å². The van der Waals surface area contributed by atoms with Crippen LogP contribution < -0.4 is 5.73 Å². The van der Waals surface area contributed by atoms with Gasteiger partial charge in [-0.1, -0.05) is 13.8 Å². The highest BCUT2D eigenvalue weighted by molar-refractivity contribution is 14.0. The van der Waals surface area contributed by atoms with E-state index in [4.69, 9.17) is 15.9 Å². The van der Waals surface area contributed by atoms with Crippen LogP contribution in [0.5, 0.6) is 0 Å². The average molecular weight is 284 g/mol. The molecule has 0 unspecified atom stereocenters. The molecule has 1 rings (SSSR count). The number of halogens is 1. The number of nitrogens with one attached hydrogen (secondary N) is 1. The number of ether oxygens (including phenoxy) is 1. The number of hydrogen-bond acceptors (Lipinski definition) is 3. The standard InChI is InChI=1S/C6H10N2O.C2H6.HI/c7-3-5-1-2-9-4-6(5)8;1-2;/h3,7H,1-2,4,8H2;1-2H3;1H. The Morgan fingerprint density at radius 3 is 2.42 bits per heavy atom. The van der Waals surface area contributed by atoms with E-state index in [2.05, 4.69) is 0 Å². The fourth-order valence-electron chi connectivity index (χ4n) is 0.782. The lowest BCUT2D eigenvalue weighted by atomic mass is 10.1. The zero-order valence-corrected chi connectivity index (χ0v) is 9.92. The van der Waals surface area contributed by atoms with Crippen molar-refractivity contribution in [3.63, 3.8) is 0 Å². The van der Waals surface area contributed by atoms with Gasteiger partial charge in [0.15, 0.2) is 0 Å². The van der Waals surface area contributed by atoms with Crippen LogP contribution in [0.15, 0.2) is 11.3 Å². The van der Waals surface area contributed by atoms with Gasteiger partial charge in [0.1, 0.15) is 0 Å². The Kier molecular flexibility index (Phi) is 10.8. The van der Waals surface area contributed by atoms with E-state index >= 15 is 0 Å². The Balaban J connectivity index is 0. The lowest BCUT2D eigenvalue weighted by Crippen LogP contribution is -2.17. The Morgan fingerprint density at radius 1 is 1.50 bits per heavy atom. The van der Waals surface area contributed by atoms with Crippen molar-refractivity contribution in [3.05, 3.63) is 11.3 Å². The van der Waals surface area contributed by atoms with E-state index in [1.165, 1.54) is 6.21 Å². The largest absolute Gasteiger partial charge is 0.400 e. The third-order valence-electron chi connectivity index (χ3n) is 1.36. The summed E-state index contributed by atoms with van der Waals surface area (Å²) in [6.07, 6.45) is 2.09. The summed E-state index contributed by atoms with van der Waals surface area (Å²) in [5.41, 5.74) is 7.12. The molecule has 0 atom stereocenters. The maximum Gasteiger partial charge on any atom is 0.0863 e. The monoisotopic (exact) mass is 284 g/mol. The zero-order chi connectivity index (χ0) is 8.69. The van der Waals surface area contributed by atoms with Crippen LogP contribution in [0.1, 0.15) is 20.3 Å². The molecular formula is C8H17IN2O. The Morgan fingerprint density at radius 2 is 2.08 bits per heavy atom.